The summed E-state index contributed by atoms with van der Waals surface area (Å²) in [4.78, 5) is 25.7. The van der Waals surface area contributed by atoms with Crippen molar-refractivity contribution in [1.29, 1.82) is 0 Å². The molecule has 1 saturated heterocycles. The number of sulfonamides is 2. The maximum Gasteiger partial charge on any atom is 0.330 e. The molecule has 0 aromatic heterocycles. The number of nitrogens with zero attached hydrogens (tertiary/aromatic N) is 10. The average molecular weight is 1680 g/mol. The van der Waals surface area contributed by atoms with Crippen molar-refractivity contribution < 1.29 is 40.3 Å². The third kappa shape index (κ3) is 26.4. The van der Waals surface area contributed by atoms with Crippen LogP contribution in [0.15, 0.2) is 218 Å². The molecule has 0 saturated carbocycles. The Kier molecular flexibility index (Phi) is 39.5. The Morgan fingerprint density at radius 2 is 0.625 bits per heavy atom. The number of rotatable bonds is 40. The molecule has 1 fully saturated rings. The minimum atomic E-state index is -5.16. The highest BCUT2D eigenvalue weighted by Gasteiger charge is 2.44. The number of alkyl halides is 2. The molecule has 120 heavy (non-hydrogen) atoms. The van der Waals surface area contributed by atoms with Crippen LogP contribution in [0.5, 0.6) is 0 Å². The molecule has 17 nitrogen and oxygen atoms in total. The monoisotopic (exact) mass is 1680 g/mol. The van der Waals surface area contributed by atoms with Crippen LogP contribution in [0.2, 0.25) is 0 Å². The normalized spacial score (nSPS) is 14.3. The molecule has 1 aliphatic rings. The molecule has 654 valence electrons. The molecule has 1 aliphatic heterocycles. The van der Waals surface area contributed by atoms with Gasteiger partial charge in [0.05, 0.1) is 29.7 Å². The largest absolute Gasteiger partial charge is 0.431 e. The van der Waals surface area contributed by atoms with Crippen LogP contribution in [0.1, 0.15) is 170 Å². The molecule has 1 heterocycles. The number of unbranched alkanes of at least 4 members (excludes halogenated alkanes) is 2. The van der Waals surface area contributed by atoms with E-state index in [-0.39, 0.29) is 0 Å². The van der Waals surface area contributed by atoms with Gasteiger partial charge in [0.25, 0.3) is 0 Å². The topological polar surface area (TPSA) is 125 Å². The van der Waals surface area contributed by atoms with Gasteiger partial charge >= 0.3 is 5.25 Å². The fraction of sp³-hybridized carbons (Fsp3) is 0.455. The molecule has 5 atom stereocenters. The number of benzene rings is 9. The summed E-state index contributed by atoms with van der Waals surface area (Å²) in [6.45, 7) is 54.9. The minimum Gasteiger partial charge on any atom is -0.431 e. The van der Waals surface area contributed by atoms with E-state index in [1.165, 1.54) is 143 Å². The summed E-state index contributed by atoms with van der Waals surface area (Å²) in [6, 6.07) is 82.7. The SMILES string of the molecule is CCC(C)N(c1ccc(N(CC)CC)cc1)c1ccc([NH+](c2ccc(N(CC)CC)cc2)C(C)CC)cc1.CCCCN(c1ccc(N(CC)CC)cc1)c1ccc([NH+](CCCC)c2ccc(N(CC)CC)cc2)cc1.CCN(CC)c1ccc(N(C)c2ccc([NH+](C)c3ccc(N(CC)CC)cc3)cc2)cc1.O=S1(=O)CCC(F)(F)S(=O)(=O)[N-]1. The zero-order valence-electron chi connectivity index (χ0n) is 76.2. The van der Waals surface area contributed by atoms with Crippen molar-refractivity contribution in [2.24, 2.45) is 0 Å². The Morgan fingerprint density at radius 3 is 0.917 bits per heavy atom. The van der Waals surface area contributed by atoms with Crippen LogP contribution in [0, 0.1) is 0 Å². The molecular formula is C99H145F2N13O4S2+2. The Hall–Kier alpha value is -9.22. The van der Waals surface area contributed by atoms with Crippen molar-refractivity contribution in [3.63, 3.8) is 0 Å². The van der Waals surface area contributed by atoms with E-state index in [1.54, 1.807) is 0 Å². The highest BCUT2D eigenvalue weighted by atomic mass is 32.3. The smallest absolute Gasteiger partial charge is 0.330 e. The highest BCUT2D eigenvalue weighted by Crippen LogP contribution is 2.38. The summed E-state index contributed by atoms with van der Waals surface area (Å²) in [7, 11) is -5.03. The van der Waals surface area contributed by atoms with Gasteiger partial charge in [0.15, 0.2) is 0 Å². The standard InChI is InChI=1S/2C34H50N4.C28H38N4.C3H4F2NO4S2/c1-9-27(7)37(31-19-15-29(16-20-31)35(11-3)12-4)33-23-25-34(26-24-33)38(28(8)10-2)32-21-17-30(18-22-32)36(13-5)14-6;1-7-13-27-37(31-19-15-29(16-20-31)35(9-3)10-4)33-23-25-34(26-24-33)38(28-14-8-2)32-21-17-30(18-22-32)36(11-5)12-6;1-7-31(8-2)27-19-15-25(16-20-27)29(5)23-11-13-24(14-12-23)30(6)26-17-21-28(22-18-26)32(9-3)10-4;4-3(5)1-2-11(7,8)6-12(3,9)10/h15-28H,9-14H2,1-8H3;15-26H,7-14,27-28H2,1-6H3;11-22H,7-10H2,1-6H3;1-2H2/q;;;-1/p+3. The first-order valence-corrected chi connectivity index (χ1v) is 47.6. The quantitative estimate of drug-likeness (QED) is 0.0338. The van der Waals surface area contributed by atoms with E-state index >= 15 is 0 Å². The lowest BCUT2D eigenvalue weighted by molar-refractivity contribution is -0.789. The van der Waals surface area contributed by atoms with Crippen molar-refractivity contribution in [2.75, 3.05) is 156 Å². The average Bonchev–Trinajstić information content (AvgIpc) is 0.778. The summed E-state index contributed by atoms with van der Waals surface area (Å²) in [5, 5.41) is -4.04. The van der Waals surface area contributed by atoms with Gasteiger partial charge in [-0.3, -0.25) is 14.7 Å². The van der Waals surface area contributed by atoms with E-state index < -0.39 is 37.5 Å². The van der Waals surface area contributed by atoms with E-state index in [1.807, 2.05) is 0 Å². The highest BCUT2D eigenvalue weighted by molar-refractivity contribution is 8.13. The van der Waals surface area contributed by atoms with E-state index in [2.05, 4.69) is 405 Å². The van der Waals surface area contributed by atoms with E-state index in [0.717, 1.165) is 104 Å². The number of anilines is 12. The van der Waals surface area contributed by atoms with Crippen molar-refractivity contribution in [2.45, 2.75) is 187 Å². The number of halogens is 2. The summed E-state index contributed by atoms with van der Waals surface area (Å²) in [6.07, 6.45) is 5.75. The van der Waals surface area contributed by atoms with Gasteiger partial charge in [0.1, 0.15) is 44.1 Å². The molecule has 0 radical (unpaired) electrons. The first-order valence-electron chi connectivity index (χ1n) is 44.6. The van der Waals surface area contributed by atoms with Crippen LogP contribution in [-0.2, 0) is 20.0 Å². The van der Waals surface area contributed by atoms with Gasteiger partial charge in [0, 0.05) is 251 Å². The van der Waals surface area contributed by atoms with E-state index in [9.17, 15) is 25.6 Å². The van der Waals surface area contributed by atoms with Crippen LogP contribution in [-0.4, -0.2) is 146 Å². The molecule has 10 rings (SSSR count). The minimum absolute atomic E-state index is 0.408. The molecule has 0 bridgehead atoms. The molecule has 21 heteroatoms. The lowest BCUT2D eigenvalue weighted by Gasteiger charge is -2.32. The van der Waals surface area contributed by atoms with Crippen molar-refractivity contribution in [3.8, 4) is 0 Å². The maximum atomic E-state index is 12.4. The predicted octanol–water partition coefficient (Wildman–Crippen LogP) is 21.6. The van der Waals surface area contributed by atoms with Crippen LogP contribution < -0.4 is 58.8 Å². The Labute approximate surface area is 723 Å². The van der Waals surface area contributed by atoms with Gasteiger partial charge in [0.2, 0.25) is 0 Å². The van der Waals surface area contributed by atoms with Gasteiger partial charge < -0.3 is 48.2 Å². The molecule has 9 aromatic rings. The Morgan fingerprint density at radius 1 is 0.358 bits per heavy atom. The lowest BCUT2D eigenvalue weighted by Crippen LogP contribution is -3.06. The molecule has 9 aromatic carbocycles. The van der Waals surface area contributed by atoms with Crippen LogP contribution in [0.4, 0.5) is 111 Å². The molecule has 0 amide bonds. The van der Waals surface area contributed by atoms with Gasteiger partial charge in [-0.15, -0.1) is 0 Å². The number of quaternary nitrogens is 3. The van der Waals surface area contributed by atoms with Gasteiger partial charge in [-0.05, 0) is 268 Å². The van der Waals surface area contributed by atoms with Gasteiger partial charge in [-0.25, -0.2) is 16.8 Å². The van der Waals surface area contributed by atoms with Crippen LogP contribution >= 0.6 is 0 Å². The van der Waals surface area contributed by atoms with E-state index in [4.69, 9.17) is 0 Å². The third-order valence-electron chi connectivity index (χ3n) is 23.6. The van der Waals surface area contributed by atoms with Crippen LogP contribution in [0.3, 0.4) is 0 Å². The van der Waals surface area contributed by atoms with Crippen molar-refractivity contribution in [3.05, 3.63) is 223 Å². The predicted molar refractivity (Wildman–Crippen MR) is 513 cm³/mol. The fourth-order valence-electron chi connectivity index (χ4n) is 15.6. The Balaban J connectivity index is 0.000000232. The lowest BCUT2D eigenvalue weighted by atomic mass is 10.1. The van der Waals surface area contributed by atoms with Gasteiger partial charge in [-0.1, -0.05) is 40.5 Å². The second-order valence-electron chi connectivity index (χ2n) is 30.7. The molecule has 5 unspecified atom stereocenters. The Bertz CT molecular complexity index is 4350. The summed E-state index contributed by atoms with van der Waals surface area (Å²) >= 11 is 0. The summed E-state index contributed by atoms with van der Waals surface area (Å²) in [5.41, 5.74) is 23.0. The van der Waals surface area contributed by atoms with Crippen molar-refractivity contribution >= 4 is 122 Å². The third-order valence-corrected chi connectivity index (χ3v) is 26.9. The molecule has 0 spiro atoms. The zero-order chi connectivity index (χ0) is 87.7. The first-order chi connectivity index (χ1) is 57.7. The zero-order valence-corrected chi connectivity index (χ0v) is 77.8. The maximum absolute atomic E-state index is 12.4. The molecule has 0 aliphatic carbocycles. The van der Waals surface area contributed by atoms with Crippen molar-refractivity contribution in [1.82, 2.24) is 0 Å². The second-order valence-corrected chi connectivity index (χ2v) is 34.4. The second kappa shape index (κ2) is 48.4. The number of hydrogen-bond acceptors (Lipinski definition) is 13. The fourth-order valence-corrected chi connectivity index (χ4v) is 18.5. The van der Waals surface area contributed by atoms with Crippen LogP contribution in [0.25, 0.3) is 4.13 Å². The summed E-state index contributed by atoms with van der Waals surface area (Å²) < 4.78 is 68.6. The van der Waals surface area contributed by atoms with E-state index in [0.29, 0.717) is 12.1 Å². The first kappa shape index (κ1) is 97.9. The molecule has 3 N–H and O–H groups in total. The summed E-state index contributed by atoms with van der Waals surface area (Å²) in [5.74, 6) is -0.931. The number of hydrogen-bond donors (Lipinski definition) is 3. The van der Waals surface area contributed by atoms with Gasteiger partial charge in [-0.2, -0.15) is 8.78 Å². The molecular weight excluding hydrogens is 1540 g/mol. The number of nitrogens with one attached hydrogen (secondary N) is 3.